The number of nitro groups is 1. The number of halogens is 2. The lowest BCUT2D eigenvalue weighted by atomic mass is 10.1. The summed E-state index contributed by atoms with van der Waals surface area (Å²) in [6.07, 6.45) is 3.39. The number of benzene rings is 2. The largest absolute Gasteiger partial charge is 0.482 e. The number of hydrogen-bond donors (Lipinski definition) is 1. The molecular formula is C19H18Cl2N4O4. The van der Waals surface area contributed by atoms with Crippen LogP contribution in [0.2, 0.25) is 10.0 Å². The summed E-state index contributed by atoms with van der Waals surface area (Å²) in [6, 6.07) is 9.53. The molecule has 0 spiro atoms. The molecule has 8 nitrogen and oxygen atoms in total. The summed E-state index contributed by atoms with van der Waals surface area (Å²) >= 11 is 11.8. The van der Waals surface area contributed by atoms with Gasteiger partial charge in [-0.3, -0.25) is 14.9 Å². The van der Waals surface area contributed by atoms with E-state index in [0.717, 1.165) is 25.9 Å². The molecule has 0 aromatic heterocycles. The molecule has 0 radical (unpaired) electrons. The summed E-state index contributed by atoms with van der Waals surface area (Å²) in [5.41, 5.74) is 3.42. The van der Waals surface area contributed by atoms with Gasteiger partial charge in [0.15, 0.2) is 6.61 Å². The summed E-state index contributed by atoms with van der Waals surface area (Å²) in [5.74, 6) is -0.182. The zero-order valence-electron chi connectivity index (χ0n) is 15.3. The molecule has 1 N–H and O–H groups in total. The Hall–Kier alpha value is -2.84. The van der Waals surface area contributed by atoms with Crippen molar-refractivity contribution in [2.24, 2.45) is 5.10 Å². The van der Waals surface area contributed by atoms with E-state index >= 15 is 0 Å². The molecule has 0 saturated carbocycles. The van der Waals surface area contributed by atoms with Gasteiger partial charge in [0.2, 0.25) is 0 Å². The molecule has 10 heteroatoms. The standard InChI is InChI=1S/C19H18Cl2N4O4/c20-14-4-6-18(15(21)10-14)29-12-19(26)23-22-11-13-3-5-16(17(9-13)25(27)28)24-7-1-2-8-24/h3-6,9-11H,1-2,7-8,12H2,(H,23,26). The van der Waals surface area contributed by atoms with Crippen LogP contribution in [0.5, 0.6) is 5.75 Å². The van der Waals surface area contributed by atoms with Crippen LogP contribution >= 0.6 is 23.2 Å². The van der Waals surface area contributed by atoms with Gasteiger partial charge >= 0.3 is 0 Å². The van der Waals surface area contributed by atoms with E-state index in [-0.39, 0.29) is 12.3 Å². The zero-order chi connectivity index (χ0) is 20.8. The van der Waals surface area contributed by atoms with Gasteiger partial charge in [0, 0.05) is 29.7 Å². The molecule has 1 saturated heterocycles. The van der Waals surface area contributed by atoms with Crippen LogP contribution < -0.4 is 15.1 Å². The molecule has 1 fully saturated rings. The second-order valence-electron chi connectivity index (χ2n) is 6.36. The quantitative estimate of drug-likeness (QED) is 0.401. The van der Waals surface area contributed by atoms with Gasteiger partial charge in [0.1, 0.15) is 11.4 Å². The van der Waals surface area contributed by atoms with Crippen molar-refractivity contribution in [2.75, 3.05) is 24.6 Å². The fourth-order valence-corrected chi connectivity index (χ4v) is 3.40. The first kappa shape index (κ1) is 20.9. The van der Waals surface area contributed by atoms with Crippen molar-refractivity contribution < 1.29 is 14.5 Å². The van der Waals surface area contributed by atoms with E-state index in [1.807, 2.05) is 4.90 Å². The molecule has 1 heterocycles. The van der Waals surface area contributed by atoms with Gasteiger partial charge in [-0.25, -0.2) is 5.43 Å². The average molecular weight is 437 g/mol. The van der Waals surface area contributed by atoms with Crippen molar-refractivity contribution in [1.82, 2.24) is 5.43 Å². The first-order valence-electron chi connectivity index (χ1n) is 8.87. The Morgan fingerprint density at radius 3 is 2.69 bits per heavy atom. The first-order chi connectivity index (χ1) is 13.9. The SMILES string of the molecule is O=C(COc1ccc(Cl)cc1Cl)NN=Cc1ccc(N2CCCC2)c([N+](=O)[O-])c1. The highest BCUT2D eigenvalue weighted by Gasteiger charge is 2.22. The van der Waals surface area contributed by atoms with E-state index < -0.39 is 10.8 Å². The van der Waals surface area contributed by atoms with Crippen LogP contribution in [0.1, 0.15) is 18.4 Å². The second-order valence-corrected chi connectivity index (χ2v) is 7.20. The molecule has 1 aliphatic heterocycles. The number of carbonyl (C=O) groups excluding carboxylic acids is 1. The lowest BCUT2D eigenvalue weighted by molar-refractivity contribution is -0.384. The fourth-order valence-electron chi connectivity index (χ4n) is 2.94. The zero-order valence-corrected chi connectivity index (χ0v) is 16.8. The summed E-state index contributed by atoms with van der Waals surface area (Å²) < 4.78 is 5.31. The van der Waals surface area contributed by atoms with E-state index in [2.05, 4.69) is 10.5 Å². The maximum absolute atomic E-state index is 11.9. The number of hydrazone groups is 1. The van der Waals surface area contributed by atoms with Crippen LogP contribution in [0.25, 0.3) is 0 Å². The molecule has 1 aliphatic rings. The van der Waals surface area contributed by atoms with Gasteiger partial charge in [-0.2, -0.15) is 5.10 Å². The number of hydrogen-bond acceptors (Lipinski definition) is 6. The summed E-state index contributed by atoms with van der Waals surface area (Å²) in [4.78, 5) is 24.9. The fraction of sp³-hybridized carbons (Fsp3) is 0.263. The topological polar surface area (TPSA) is 97.1 Å². The van der Waals surface area contributed by atoms with Gasteiger partial charge in [0.25, 0.3) is 11.6 Å². The molecule has 152 valence electrons. The number of nitrogens with zero attached hydrogens (tertiary/aromatic N) is 3. The van der Waals surface area contributed by atoms with Crippen molar-refractivity contribution in [3.63, 3.8) is 0 Å². The molecule has 2 aromatic carbocycles. The predicted octanol–water partition coefficient (Wildman–Crippen LogP) is 4.03. The third kappa shape index (κ3) is 5.58. The number of ether oxygens (including phenoxy) is 1. The highest BCUT2D eigenvalue weighted by atomic mass is 35.5. The van der Waals surface area contributed by atoms with Crippen molar-refractivity contribution in [3.05, 3.63) is 62.1 Å². The normalized spacial score (nSPS) is 13.7. The maximum Gasteiger partial charge on any atom is 0.293 e. The van der Waals surface area contributed by atoms with E-state index in [9.17, 15) is 14.9 Å². The van der Waals surface area contributed by atoms with Crippen molar-refractivity contribution >= 4 is 46.7 Å². The van der Waals surface area contributed by atoms with Crippen molar-refractivity contribution in [2.45, 2.75) is 12.8 Å². The Bertz CT molecular complexity index is 946. The average Bonchev–Trinajstić information content (AvgIpc) is 3.22. The molecule has 29 heavy (non-hydrogen) atoms. The van der Waals surface area contributed by atoms with Crippen LogP contribution in [0, 0.1) is 10.1 Å². The minimum Gasteiger partial charge on any atom is -0.482 e. The predicted molar refractivity (Wildman–Crippen MR) is 112 cm³/mol. The number of nitro benzene ring substituents is 1. The molecule has 0 unspecified atom stereocenters. The molecule has 0 atom stereocenters. The van der Waals surface area contributed by atoms with Crippen LogP contribution in [0.3, 0.4) is 0 Å². The van der Waals surface area contributed by atoms with Crippen LogP contribution in [-0.4, -0.2) is 36.7 Å². The number of anilines is 1. The lowest BCUT2D eigenvalue weighted by Crippen LogP contribution is -2.24. The summed E-state index contributed by atoms with van der Waals surface area (Å²) in [7, 11) is 0. The third-order valence-electron chi connectivity index (χ3n) is 4.30. The number of nitrogens with one attached hydrogen (secondary N) is 1. The van der Waals surface area contributed by atoms with Crippen LogP contribution in [0.15, 0.2) is 41.5 Å². The van der Waals surface area contributed by atoms with Crippen LogP contribution in [0.4, 0.5) is 11.4 Å². The van der Waals surface area contributed by atoms with Crippen molar-refractivity contribution in [1.29, 1.82) is 0 Å². The van der Waals surface area contributed by atoms with Gasteiger partial charge in [-0.15, -0.1) is 0 Å². The molecular weight excluding hydrogens is 419 g/mol. The van der Waals surface area contributed by atoms with Crippen LogP contribution in [-0.2, 0) is 4.79 Å². The highest BCUT2D eigenvalue weighted by molar-refractivity contribution is 6.35. The Morgan fingerprint density at radius 1 is 1.24 bits per heavy atom. The Labute approximate surface area is 177 Å². The number of carbonyl (C=O) groups is 1. The summed E-state index contributed by atoms with van der Waals surface area (Å²) in [5, 5.41) is 16.0. The van der Waals surface area contributed by atoms with Gasteiger partial charge < -0.3 is 9.64 Å². The number of amides is 1. The van der Waals surface area contributed by atoms with Gasteiger partial charge in [-0.05, 0) is 37.1 Å². The Balaban J connectivity index is 1.58. The van der Waals surface area contributed by atoms with Gasteiger partial charge in [-0.1, -0.05) is 29.3 Å². The monoisotopic (exact) mass is 436 g/mol. The van der Waals surface area contributed by atoms with E-state index in [4.69, 9.17) is 27.9 Å². The molecule has 2 aromatic rings. The van der Waals surface area contributed by atoms with Crippen molar-refractivity contribution in [3.8, 4) is 5.75 Å². The smallest absolute Gasteiger partial charge is 0.293 e. The molecule has 0 bridgehead atoms. The van der Waals surface area contributed by atoms with Gasteiger partial charge in [0.05, 0.1) is 16.2 Å². The highest BCUT2D eigenvalue weighted by Crippen LogP contribution is 2.31. The number of rotatable bonds is 7. The minimum absolute atomic E-state index is 0.0166. The first-order valence-corrected chi connectivity index (χ1v) is 9.63. The molecule has 1 amide bonds. The second kappa shape index (κ2) is 9.58. The Morgan fingerprint density at radius 2 is 2.00 bits per heavy atom. The molecule has 3 rings (SSSR count). The van der Waals surface area contributed by atoms with E-state index in [1.54, 1.807) is 24.3 Å². The van der Waals surface area contributed by atoms with E-state index in [0.29, 0.717) is 27.0 Å². The minimum atomic E-state index is -0.504. The summed E-state index contributed by atoms with van der Waals surface area (Å²) in [6.45, 7) is 1.32. The Kier molecular flexibility index (Phi) is 6.90. The third-order valence-corrected chi connectivity index (χ3v) is 4.83. The van der Waals surface area contributed by atoms with E-state index in [1.165, 1.54) is 18.3 Å². The lowest BCUT2D eigenvalue weighted by Gasteiger charge is -2.17. The molecule has 0 aliphatic carbocycles. The maximum atomic E-state index is 11.9.